The zero-order chi connectivity index (χ0) is 19.1. The molecule has 142 valence electrons. The summed E-state index contributed by atoms with van der Waals surface area (Å²) in [6, 6.07) is 14.4. The normalized spacial score (nSPS) is 13.5. The van der Waals surface area contributed by atoms with E-state index in [-0.39, 0.29) is 19.1 Å². The SMILES string of the molecule is COc1ccc(OCCOC(=O)c2cccc(CN3CCCC3=O)c2)cc1. The van der Waals surface area contributed by atoms with Crippen molar-refractivity contribution < 1.29 is 23.8 Å². The van der Waals surface area contributed by atoms with Crippen molar-refractivity contribution in [2.24, 2.45) is 0 Å². The van der Waals surface area contributed by atoms with E-state index in [1.54, 1.807) is 49.6 Å². The van der Waals surface area contributed by atoms with Crippen LogP contribution in [-0.4, -0.2) is 43.6 Å². The van der Waals surface area contributed by atoms with Crippen LogP contribution >= 0.6 is 0 Å². The third-order valence-corrected chi connectivity index (χ3v) is 4.35. The van der Waals surface area contributed by atoms with E-state index < -0.39 is 5.97 Å². The summed E-state index contributed by atoms with van der Waals surface area (Å²) in [6.45, 7) is 1.72. The fraction of sp³-hybridized carbons (Fsp3) is 0.333. The van der Waals surface area contributed by atoms with Gasteiger partial charge in [-0.15, -0.1) is 0 Å². The number of hydrogen-bond acceptors (Lipinski definition) is 5. The van der Waals surface area contributed by atoms with Crippen LogP contribution < -0.4 is 9.47 Å². The zero-order valence-corrected chi connectivity index (χ0v) is 15.3. The van der Waals surface area contributed by atoms with Crippen molar-refractivity contribution in [2.45, 2.75) is 19.4 Å². The summed E-state index contributed by atoms with van der Waals surface area (Å²) in [5.41, 5.74) is 1.40. The maximum absolute atomic E-state index is 12.2. The van der Waals surface area contributed by atoms with Crippen LogP contribution in [0.5, 0.6) is 11.5 Å². The minimum Gasteiger partial charge on any atom is -0.497 e. The van der Waals surface area contributed by atoms with Crippen LogP contribution in [0.2, 0.25) is 0 Å². The molecule has 1 fully saturated rings. The Morgan fingerprint density at radius 3 is 2.56 bits per heavy atom. The highest BCUT2D eigenvalue weighted by atomic mass is 16.6. The molecule has 1 saturated heterocycles. The summed E-state index contributed by atoms with van der Waals surface area (Å²) in [5, 5.41) is 0. The number of esters is 1. The summed E-state index contributed by atoms with van der Waals surface area (Å²) < 4.78 is 15.9. The number of methoxy groups -OCH3 is 1. The highest BCUT2D eigenvalue weighted by Gasteiger charge is 2.20. The van der Waals surface area contributed by atoms with Crippen LogP contribution in [0.1, 0.15) is 28.8 Å². The van der Waals surface area contributed by atoms with Gasteiger partial charge in [-0.05, 0) is 48.4 Å². The van der Waals surface area contributed by atoms with E-state index in [9.17, 15) is 9.59 Å². The first kappa shape index (κ1) is 18.8. The quantitative estimate of drug-likeness (QED) is 0.529. The Hall–Kier alpha value is -3.02. The molecule has 1 aliphatic rings. The number of likely N-dealkylation sites (tertiary alicyclic amines) is 1. The Bertz CT molecular complexity index is 787. The summed E-state index contributed by atoms with van der Waals surface area (Å²) in [5.74, 6) is 1.20. The van der Waals surface area contributed by atoms with Crippen molar-refractivity contribution in [3.05, 3.63) is 59.7 Å². The van der Waals surface area contributed by atoms with Gasteiger partial charge in [0.1, 0.15) is 24.7 Å². The molecular weight excluding hydrogens is 346 g/mol. The lowest BCUT2D eigenvalue weighted by Crippen LogP contribution is -2.24. The number of carbonyl (C=O) groups is 2. The maximum atomic E-state index is 12.2. The lowest BCUT2D eigenvalue weighted by molar-refractivity contribution is -0.128. The van der Waals surface area contributed by atoms with E-state index in [0.717, 1.165) is 24.3 Å². The molecule has 2 aromatic carbocycles. The minimum absolute atomic E-state index is 0.152. The highest BCUT2D eigenvalue weighted by molar-refractivity contribution is 5.89. The molecule has 1 aliphatic heterocycles. The van der Waals surface area contributed by atoms with Crippen molar-refractivity contribution in [1.82, 2.24) is 4.90 Å². The summed E-state index contributed by atoms with van der Waals surface area (Å²) >= 11 is 0. The Labute approximate surface area is 158 Å². The Morgan fingerprint density at radius 2 is 1.85 bits per heavy atom. The largest absolute Gasteiger partial charge is 0.497 e. The van der Waals surface area contributed by atoms with Crippen molar-refractivity contribution in [1.29, 1.82) is 0 Å². The molecule has 27 heavy (non-hydrogen) atoms. The lowest BCUT2D eigenvalue weighted by atomic mass is 10.1. The second-order valence-corrected chi connectivity index (χ2v) is 6.28. The molecule has 0 saturated carbocycles. The van der Waals surface area contributed by atoms with Crippen LogP contribution in [0.3, 0.4) is 0 Å². The molecule has 1 heterocycles. The highest BCUT2D eigenvalue weighted by Crippen LogP contribution is 2.17. The molecule has 0 radical (unpaired) electrons. The average Bonchev–Trinajstić information content (AvgIpc) is 3.10. The first-order valence-corrected chi connectivity index (χ1v) is 8.96. The molecule has 0 unspecified atom stereocenters. The second kappa shape index (κ2) is 9.07. The van der Waals surface area contributed by atoms with Gasteiger partial charge in [0.05, 0.1) is 12.7 Å². The van der Waals surface area contributed by atoms with Gasteiger partial charge >= 0.3 is 5.97 Å². The van der Waals surface area contributed by atoms with Crippen LogP contribution in [0.15, 0.2) is 48.5 Å². The standard InChI is InChI=1S/C21H23NO5/c1-25-18-7-9-19(10-8-18)26-12-13-27-21(24)17-5-2-4-16(14-17)15-22-11-3-6-20(22)23/h2,4-5,7-10,14H,3,6,11-13,15H2,1H3. The molecule has 0 spiro atoms. The van der Waals surface area contributed by atoms with E-state index >= 15 is 0 Å². The van der Waals surface area contributed by atoms with E-state index in [4.69, 9.17) is 14.2 Å². The van der Waals surface area contributed by atoms with Gasteiger partial charge in [0.15, 0.2) is 0 Å². The average molecular weight is 369 g/mol. The minimum atomic E-state index is -0.400. The van der Waals surface area contributed by atoms with Gasteiger partial charge < -0.3 is 19.1 Å². The number of hydrogen-bond donors (Lipinski definition) is 0. The maximum Gasteiger partial charge on any atom is 0.338 e. The van der Waals surface area contributed by atoms with Crippen LogP contribution in [0, 0.1) is 0 Å². The molecule has 0 bridgehead atoms. The van der Waals surface area contributed by atoms with Crippen LogP contribution in [0.25, 0.3) is 0 Å². The van der Waals surface area contributed by atoms with E-state index in [1.807, 2.05) is 11.0 Å². The molecule has 0 N–H and O–H groups in total. The van der Waals surface area contributed by atoms with Gasteiger partial charge in [-0.1, -0.05) is 12.1 Å². The Kier molecular flexibility index (Phi) is 6.30. The van der Waals surface area contributed by atoms with Crippen molar-refractivity contribution in [3.8, 4) is 11.5 Å². The van der Waals surface area contributed by atoms with Crippen molar-refractivity contribution in [3.63, 3.8) is 0 Å². The first-order valence-electron chi connectivity index (χ1n) is 8.96. The summed E-state index contributed by atoms with van der Waals surface area (Å²) in [6.07, 6.45) is 1.50. The Morgan fingerprint density at radius 1 is 1.07 bits per heavy atom. The molecule has 0 aromatic heterocycles. The van der Waals surface area contributed by atoms with E-state index in [0.29, 0.717) is 24.3 Å². The van der Waals surface area contributed by atoms with Gasteiger partial charge in [-0.25, -0.2) is 4.79 Å². The Balaban J connectivity index is 1.46. The third-order valence-electron chi connectivity index (χ3n) is 4.35. The molecule has 0 aliphatic carbocycles. The topological polar surface area (TPSA) is 65.1 Å². The summed E-state index contributed by atoms with van der Waals surface area (Å²) in [7, 11) is 1.60. The first-order chi connectivity index (χ1) is 13.2. The van der Waals surface area contributed by atoms with Gasteiger partial charge in [0, 0.05) is 19.5 Å². The molecule has 0 atom stereocenters. The number of ether oxygens (including phenoxy) is 3. The number of amides is 1. The molecule has 6 nitrogen and oxygen atoms in total. The van der Waals surface area contributed by atoms with Gasteiger partial charge in [-0.3, -0.25) is 4.79 Å². The molecule has 6 heteroatoms. The molecular formula is C21H23NO5. The number of carbonyl (C=O) groups excluding carboxylic acids is 2. The van der Waals surface area contributed by atoms with E-state index in [2.05, 4.69) is 0 Å². The second-order valence-electron chi connectivity index (χ2n) is 6.28. The number of nitrogens with zero attached hydrogens (tertiary/aromatic N) is 1. The van der Waals surface area contributed by atoms with Gasteiger partial charge in [-0.2, -0.15) is 0 Å². The lowest BCUT2D eigenvalue weighted by Gasteiger charge is -2.15. The molecule has 3 rings (SSSR count). The smallest absolute Gasteiger partial charge is 0.338 e. The van der Waals surface area contributed by atoms with Crippen LogP contribution in [0.4, 0.5) is 0 Å². The zero-order valence-electron chi connectivity index (χ0n) is 15.3. The van der Waals surface area contributed by atoms with Crippen LogP contribution in [-0.2, 0) is 16.1 Å². The number of benzene rings is 2. The monoisotopic (exact) mass is 369 g/mol. The third kappa shape index (κ3) is 5.23. The van der Waals surface area contributed by atoms with Crippen molar-refractivity contribution >= 4 is 11.9 Å². The fourth-order valence-electron chi connectivity index (χ4n) is 2.94. The van der Waals surface area contributed by atoms with Crippen molar-refractivity contribution in [2.75, 3.05) is 26.9 Å². The van der Waals surface area contributed by atoms with E-state index in [1.165, 1.54) is 0 Å². The fourth-order valence-corrected chi connectivity index (χ4v) is 2.94. The predicted molar refractivity (Wildman–Crippen MR) is 99.9 cm³/mol. The predicted octanol–water partition coefficient (Wildman–Crippen LogP) is 3.05. The summed E-state index contributed by atoms with van der Waals surface area (Å²) in [4.78, 5) is 25.8. The number of rotatable bonds is 8. The van der Waals surface area contributed by atoms with Gasteiger partial charge in [0.2, 0.25) is 5.91 Å². The molecule has 2 aromatic rings. The van der Waals surface area contributed by atoms with Gasteiger partial charge in [0.25, 0.3) is 0 Å². The molecule has 1 amide bonds.